The van der Waals surface area contributed by atoms with Gasteiger partial charge in [0.25, 0.3) is 11.5 Å². The minimum atomic E-state index is -1.03. The number of alkyl halides is 1. The molecule has 0 radical (unpaired) electrons. The summed E-state index contributed by atoms with van der Waals surface area (Å²) in [5.41, 5.74) is 0.458. The SMILES string of the molecule is CC(C)Oc1nc2nc(C34CCC(C)(C3)OC4)cn2cc1C(=O)Nc1cccn(C2CC2F)c1=O. The first-order valence-corrected chi connectivity index (χ1v) is 12.0. The minimum absolute atomic E-state index is 0.0748. The van der Waals surface area contributed by atoms with Crippen LogP contribution in [0.1, 0.15) is 68.5 Å². The first kappa shape index (κ1) is 22.2. The highest BCUT2D eigenvalue weighted by molar-refractivity contribution is 6.05. The maximum absolute atomic E-state index is 13.5. The highest BCUT2D eigenvalue weighted by atomic mass is 19.1. The van der Waals surface area contributed by atoms with E-state index in [1.165, 1.54) is 16.8 Å². The predicted molar refractivity (Wildman–Crippen MR) is 126 cm³/mol. The molecule has 184 valence electrons. The van der Waals surface area contributed by atoms with Gasteiger partial charge in [0.15, 0.2) is 0 Å². The van der Waals surface area contributed by atoms with E-state index in [0.717, 1.165) is 25.0 Å². The fourth-order valence-electron chi connectivity index (χ4n) is 5.37. The molecule has 1 N–H and O–H groups in total. The zero-order valence-corrected chi connectivity index (χ0v) is 20.0. The van der Waals surface area contributed by atoms with Crippen LogP contribution in [0, 0.1) is 0 Å². The van der Waals surface area contributed by atoms with Crippen molar-refractivity contribution >= 4 is 17.4 Å². The Morgan fingerprint density at radius 1 is 1.31 bits per heavy atom. The number of imidazole rings is 1. The van der Waals surface area contributed by atoms with Crippen LogP contribution in [0.3, 0.4) is 0 Å². The van der Waals surface area contributed by atoms with Gasteiger partial charge in [-0.05, 0) is 52.2 Å². The number of nitrogens with zero attached hydrogens (tertiary/aromatic N) is 4. The van der Waals surface area contributed by atoms with Crippen molar-refractivity contribution < 1.29 is 18.7 Å². The third-order valence-corrected chi connectivity index (χ3v) is 7.35. The number of rotatable bonds is 6. The van der Waals surface area contributed by atoms with Crippen molar-refractivity contribution in [3.63, 3.8) is 0 Å². The Bertz CT molecular complexity index is 1390. The van der Waals surface area contributed by atoms with Crippen LogP contribution in [0.25, 0.3) is 5.78 Å². The monoisotopic (exact) mass is 481 g/mol. The Balaban J connectivity index is 1.35. The Morgan fingerprint density at radius 3 is 2.74 bits per heavy atom. The van der Waals surface area contributed by atoms with E-state index in [9.17, 15) is 14.0 Å². The average molecular weight is 482 g/mol. The summed E-state index contributed by atoms with van der Waals surface area (Å²) in [6.45, 7) is 6.45. The smallest absolute Gasteiger partial charge is 0.274 e. The molecule has 4 unspecified atom stereocenters. The van der Waals surface area contributed by atoms with E-state index in [-0.39, 0.29) is 34.3 Å². The number of carbonyl (C=O) groups is 1. The van der Waals surface area contributed by atoms with E-state index >= 15 is 0 Å². The molecule has 3 aromatic rings. The summed E-state index contributed by atoms with van der Waals surface area (Å²) in [5.74, 6) is 0.0382. The first-order valence-electron chi connectivity index (χ1n) is 12.0. The molecule has 1 saturated heterocycles. The van der Waals surface area contributed by atoms with Crippen molar-refractivity contribution in [1.82, 2.24) is 18.9 Å². The summed E-state index contributed by atoms with van der Waals surface area (Å²) in [7, 11) is 0. The average Bonchev–Trinajstić information content (AvgIpc) is 3.12. The number of pyridine rings is 1. The lowest BCUT2D eigenvalue weighted by atomic mass is 9.84. The molecule has 1 amide bonds. The number of anilines is 1. The van der Waals surface area contributed by atoms with E-state index in [2.05, 4.69) is 17.2 Å². The summed E-state index contributed by atoms with van der Waals surface area (Å²) in [5, 5.41) is 2.67. The number of nitrogens with one attached hydrogen (secondary N) is 1. The Morgan fingerprint density at radius 2 is 2.11 bits per heavy atom. The molecule has 4 atom stereocenters. The van der Waals surface area contributed by atoms with Gasteiger partial charge < -0.3 is 19.4 Å². The lowest BCUT2D eigenvalue weighted by Crippen LogP contribution is -2.26. The van der Waals surface area contributed by atoms with Gasteiger partial charge in [-0.2, -0.15) is 4.98 Å². The molecule has 2 bridgehead atoms. The fraction of sp³-hybridized carbons (Fsp3) is 0.520. The number of halogens is 1. The maximum atomic E-state index is 13.5. The van der Waals surface area contributed by atoms with E-state index < -0.39 is 23.7 Å². The van der Waals surface area contributed by atoms with Crippen LogP contribution in [0.15, 0.2) is 35.5 Å². The summed E-state index contributed by atoms with van der Waals surface area (Å²) < 4.78 is 28.5. The van der Waals surface area contributed by atoms with Gasteiger partial charge in [0.2, 0.25) is 11.7 Å². The lowest BCUT2D eigenvalue weighted by molar-refractivity contribution is -0.00627. The highest BCUT2D eigenvalue weighted by Crippen LogP contribution is 2.53. The standard InChI is InChI=1S/C25H28FN5O4/c1-14(2)35-21-15(20(32)27-17-5-4-8-31(22(17)33)18-9-16(18)26)10-30-11-19(28-23(30)29-21)25-7-6-24(3,12-25)34-13-25/h4-5,8,10-11,14,16,18H,6-7,9,12-13H2,1-3H3,(H,27,32). The summed E-state index contributed by atoms with van der Waals surface area (Å²) in [6, 6.07) is 2.65. The second kappa shape index (κ2) is 7.61. The van der Waals surface area contributed by atoms with Crippen LogP contribution < -0.4 is 15.6 Å². The van der Waals surface area contributed by atoms with Gasteiger partial charge in [0, 0.05) is 30.4 Å². The molecule has 3 aromatic heterocycles. The van der Waals surface area contributed by atoms with Gasteiger partial charge in [0.1, 0.15) is 17.4 Å². The van der Waals surface area contributed by atoms with Crippen molar-refractivity contribution in [3.8, 4) is 5.88 Å². The molecule has 6 rings (SSSR count). The topological polar surface area (TPSA) is 99.8 Å². The number of aromatic nitrogens is 4. The summed E-state index contributed by atoms with van der Waals surface area (Å²) >= 11 is 0. The zero-order valence-electron chi connectivity index (χ0n) is 20.0. The molecule has 10 heteroatoms. The number of ether oxygens (including phenoxy) is 2. The van der Waals surface area contributed by atoms with Gasteiger partial charge >= 0.3 is 0 Å². The molecule has 2 aliphatic carbocycles. The van der Waals surface area contributed by atoms with E-state index in [1.54, 1.807) is 16.7 Å². The van der Waals surface area contributed by atoms with Crippen LogP contribution in [0.5, 0.6) is 5.88 Å². The van der Waals surface area contributed by atoms with Crippen molar-refractivity contribution in [2.24, 2.45) is 0 Å². The zero-order chi connectivity index (χ0) is 24.5. The van der Waals surface area contributed by atoms with Crippen LogP contribution in [0.4, 0.5) is 10.1 Å². The number of hydrogen-bond donors (Lipinski definition) is 1. The van der Waals surface area contributed by atoms with Crippen molar-refractivity contribution in [2.45, 2.75) is 75.8 Å². The molecule has 0 spiro atoms. The van der Waals surface area contributed by atoms with Gasteiger partial charge in [-0.15, -0.1) is 0 Å². The minimum Gasteiger partial charge on any atom is -0.474 e. The third kappa shape index (κ3) is 3.71. The molecule has 35 heavy (non-hydrogen) atoms. The Hall–Kier alpha value is -3.27. The second-order valence-electron chi connectivity index (χ2n) is 10.6. The molecule has 0 aromatic carbocycles. The maximum Gasteiger partial charge on any atom is 0.274 e. The molecular formula is C25H28FN5O4. The molecule has 3 aliphatic rings. The van der Waals surface area contributed by atoms with Crippen LogP contribution in [0.2, 0.25) is 0 Å². The normalized spacial score (nSPS) is 29.2. The van der Waals surface area contributed by atoms with Crippen LogP contribution >= 0.6 is 0 Å². The molecule has 4 heterocycles. The number of carbonyl (C=O) groups excluding carboxylic acids is 1. The van der Waals surface area contributed by atoms with Gasteiger partial charge in [-0.25, -0.2) is 9.37 Å². The molecular weight excluding hydrogens is 453 g/mol. The lowest BCUT2D eigenvalue weighted by Gasteiger charge is -2.24. The summed E-state index contributed by atoms with van der Waals surface area (Å²) in [6.07, 6.45) is 7.01. The van der Waals surface area contributed by atoms with Crippen molar-refractivity contribution in [3.05, 3.63) is 52.3 Å². The second-order valence-corrected chi connectivity index (χ2v) is 10.6. The quantitative estimate of drug-likeness (QED) is 0.579. The van der Waals surface area contributed by atoms with E-state index in [0.29, 0.717) is 18.8 Å². The van der Waals surface area contributed by atoms with Gasteiger partial charge in [-0.1, -0.05) is 0 Å². The van der Waals surface area contributed by atoms with Crippen LogP contribution in [-0.4, -0.2) is 49.3 Å². The van der Waals surface area contributed by atoms with Gasteiger partial charge in [-0.3, -0.25) is 14.0 Å². The first-order chi connectivity index (χ1) is 16.7. The predicted octanol–water partition coefficient (Wildman–Crippen LogP) is 3.42. The Kier molecular flexibility index (Phi) is 4.83. The van der Waals surface area contributed by atoms with E-state index in [4.69, 9.17) is 14.5 Å². The number of amides is 1. The van der Waals surface area contributed by atoms with Crippen molar-refractivity contribution in [2.75, 3.05) is 11.9 Å². The van der Waals surface area contributed by atoms with Crippen molar-refractivity contribution in [1.29, 1.82) is 0 Å². The number of fused-ring (bicyclic) bond motifs is 3. The van der Waals surface area contributed by atoms with Gasteiger partial charge in [0.05, 0.1) is 30.0 Å². The molecule has 3 fully saturated rings. The number of hydrogen-bond acceptors (Lipinski definition) is 6. The molecule has 9 nitrogen and oxygen atoms in total. The van der Waals surface area contributed by atoms with E-state index in [1.807, 2.05) is 20.0 Å². The van der Waals surface area contributed by atoms with Crippen LogP contribution in [-0.2, 0) is 10.2 Å². The summed E-state index contributed by atoms with van der Waals surface area (Å²) in [4.78, 5) is 35.4. The Labute approximate surface area is 201 Å². The molecule has 1 aliphatic heterocycles. The molecule has 2 saturated carbocycles. The third-order valence-electron chi connectivity index (χ3n) is 7.35. The largest absolute Gasteiger partial charge is 0.474 e. The fourth-order valence-corrected chi connectivity index (χ4v) is 5.37. The highest BCUT2D eigenvalue weighted by Gasteiger charge is 2.55.